The second-order valence-electron chi connectivity index (χ2n) is 8.46. The molecule has 1 aliphatic rings. The number of ether oxygens (including phenoxy) is 3. The fourth-order valence-corrected chi connectivity index (χ4v) is 5.15. The number of nitrogens with zero attached hydrogens (tertiary/aromatic N) is 2. The SMILES string of the molecule is CC(=O)OCCC1CN=C(c2cc3cc(Oc4ccc(S(C)(=O)=O)cn4)cc(OC(C)C)c3[nH]2)S1. The number of aromatic nitrogens is 2. The fourth-order valence-electron chi connectivity index (χ4n) is 3.52. The van der Waals surface area contributed by atoms with Gasteiger partial charge >= 0.3 is 5.97 Å². The number of fused-ring (bicyclic) bond motifs is 1. The number of aliphatic imine (C=N–C) groups is 1. The van der Waals surface area contributed by atoms with E-state index < -0.39 is 9.84 Å². The van der Waals surface area contributed by atoms with Gasteiger partial charge in [0.2, 0.25) is 5.88 Å². The highest BCUT2D eigenvalue weighted by molar-refractivity contribution is 8.15. The van der Waals surface area contributed by atoms with Crippen LogP contribution in [0.5, 0.6) is 17.4 Å². The summed E-state index contributed by atoms with van der Waals surface area (Å²) in [6.07, 6.45) is 3.09. The van der Waals surface area contributed by atoms with Gasteiger partial charge < -0.3 is 19.2 Å². The molecule has 0 spiro atoms. The second-order valence-corrected chi connectivity index (χ2v) is 11.8. The van der Waals surface area contributed by atoms with Gasteiger partial charge in [-0.1, -0.05) is 11.8 Å². The third-order valence-electron chi connectivity index (χ3n) is 5.08. The summed E-state index contributed by atoms with van der Waals surface area (Å²) in [5, 5.41) is 2.03. The molecule has 186 valence electrons. The number of rotatable bonds is 9. The molecule has 3 aromatic rings. The van der Waals surface area contributed by atoms with Crippen molar-refractivity contribution in [1.29, 1.82) is 0 Å². The number of benzene rings is 1. The molecule has 1 unspecified atom stereocenters. The van der Waals surface area contributed by atoms with Gasteiger partial charge in [0, 0.05) is 42.1 Å². The van der Waals surface area contributed by atoms with E-state index in [0.29, 0.717) is 24.7 Å². The third-order valence-corrected chi connectivity index (χ3v) is 7.47. The lowest BCUT2D eigenvalue weighted by atomic mass is 10.2. The van der Waals surface area contributed by atoms with Crippen LogP contribution in [0.1, 0.15) is 32.9 Å². The van der Waals surface area contributed by atoms with Gasteiger partial charge in [0.1, 0.15) is 16.5 Å². The molecule has 1 N–H and O–H groups in total. The zero-order valence-electron chi connectivity index (χ0n) is 19.9. The molecule has 0 saturated heterocycles. The van der Waals surface area contributed by atoms with Crippen LogP contribution in [0.15, 0.2) is 46.4 Å². The minimum Gasteiger partial charge on any atom is -0.489 e. The number of hydrogen-bond donors (Lipinski definition) is 1. The Balaban J connectivity index is 1.57. The number of hydrogen-bond acceptors (Lipinski definition) is 9. The number of sulfone groups is 1. The molecule has 11 heteroatoms. The zero-order valence-corrected chi connectivity index (χ0v) is 21.5. The molecule has 0 radical (unpaired) electrons. The van der Waals surface area contributed by atoms with E-state index in [1.807, 2.05) is 26.0 Å². The van der Waals surface area contributed by atoms with E-state index >= 15 is 0 Å². The van der Waals surface area contributed by atoms with Crippen molar-refractivity contribution in [2.45, 2.75) is 43.4 Å². The van der Waals surface area contributed by atoms with E-state index in [9.17, 15) is 13.2 Å². The van der Waals surface area contributed by atoms with Crippen LogP contribution >= 0.6 is 11.8 Å². The van der Waals surface area contributed by atoms with Gasteiger partial charge in [0.15, 0.2) is 9.84 Å². The summed E-state index contributed by atoms with van der Waals surface area (Å²) in [6, 6.07) is 8.62. The summed E-state index contributed by atoms with van der Waals surface area (Å²) < 4.78 is 40.4. The molecular weight excluding hydrogens is 490 g/mol. The molecule has 4 rings (SSSR count). The van der Waals surface area contributed by atoms with Crippen LogP contribution in [0.2, 0.25) is 0 Å². The lowest BCUT2D eigenvalue weighted by Gasteiger charge is -2.13. The van der Waals surface area contributed by atoms with E-state index in [2.05, 4.69) is 15.0 Å². The van der Waals surface area contributed by atoms with Gasteiger partial charge in [0.05, 0.1) is 35.4 Å². The minimum absolute atomic E-state index is 0.0591. The van der Waals surface area contributed by atoms with Gasteiger partial charge in [-0.3, -0.25) is 9.79 Å². The van der Waals surface area contributed by atoms with Crippen molar-refractivity contribution in [3.8, 4) is 17.4 Å². The first-order valence-electron chi connectivity index (χ1n) is 11.1. The summed E-state index contributed by atoms with van der Waals surface area (Å²) in [5.74, 6) is 1.14. The molecule has 35 heavy (non-hydrogen) atoms. The maximum Gasteiger partial charge on any atom is 0.302 e. The Morgan fingerprint density at radius 1 is 1.26 bits per heavy atom. The van der Waals surface area contributed by atoms with Gasteiger partial charge in [-0.2, -0.15) is 0 Å². The molecule has 0 saturated carbocycles. The van der Waals surface area contributed by atoms with E-state index in [1.165, 1.54) is 25.3 Å². The Morgan fingerprint density at radius 3 is 2.71 bits per heavy atom. The quantitative estimate of drug-likeness (QED) is 0.416. The van der Waals surface area contributed by atoms with Crippen LogP contribution in [0.3, 0.4) is 0 Å². The second kappa shape index (κ2) is 10.3. The lowest BCUT2D eigenvalue weighted by molar-refractivity contribution is -0.141. The Bertz CT molecular complexity index is 1360. The topological polar surface area (TPSA) is 120 Å². The molecule has 1 aliphatic heterocycles. The van der Waals surface area contributed by atoms with Crippen molar-refractivity contribution in [3.63, 3.8) is 0 Å². The molecule has 0 bridgehead atoms. The average molecular weight is 518 g/mol. The largest absolute Gasteiger partial charge is 0.489 e. The molecule has 3 heterocycles. The molecule has 1 aromatic carbocycles. The maximum atomic E-state index is 11.7. The molecule has 2 aromatic heterocycles. The molecule has 9 nitrogen and oxygen atoms in total. The molecular formula is C24H27N3O6S2. The summed E-state index contributed by atoms with van der Waals surface area (Å²) in [5.41, 5.74) is 1.70. The number of aromatic amines is 1. The summed E-state index contributed by atoms with van der Waals surface area (Å²) in [7, 11) is -3.34. The minimum atomic E-state index is -3.34. The molecule has 0 amide bonds. The Morgan fingerprint density at radius 2 is 2.06 bits per heavy atom. The lowest BCUT2D eigenvalue weighted by Crippen LogP contribution is -2.10. The van der Waals surface area contributed by atoms with Gasteiger partial charge in [-0.05, 0) is 38.5 Å². The van der Waals surface area contributed by atoms with Crippen LogP contribution in [0, 0.1) is 0 Å². The highest BCUT2D eigenvalue weighted by Crippen LogP contribution is 2.36. The third kappa shape index (κ3) is 6.34. The highest BCUT2D eigenvalue weighted by Gasteiger charge is 2.23. The van der Waals surface area contributed by atoms with Gasteiger partial charge in [-0.25, -0.2) is 13.4 Å². The smallest absolute Gasteiger partial charge is 0.302 e. The van der Waals surface area contributed by atoms with Gasteiger partial charge in [-0.15, -0.1) is 0 Å². The van der Waals surface area contributed by atoms with Crippen molar-refractivity contribution in [2.24, 2.45) is 4.99 Å². The molecule has 1 atom stereocenters. The van der Waals surface area contributed by atoms with Crippen LogP contribution in [0.4, 0.5) is 0 Å². The predicted octanol–water partition coefficient (Wildman–Crippen LogP) is 4.36. The normalized spacial score (nSPS) is 15.9. The predicted molar refractivity (Wildman–Crippen MR) is 136 cm³/mol. The van der Waals surface area contributed by atoms with Gasteiger partial charge in [0.25, 0.3) is 0 Å². The Kier molecular flexibility index (Phi) is 7.36. The fraction of sp³-hybridized carbons (Fsp3) is 0.375. The number of H-pyrrole nitrogens is 1. The Hall–Kier alpha value is -3.05. The van der Waals surface area contributed by atoms with Crippen molar-refractivity contribution in [3.05, 3.63) is 42.2 Å². The zero-order chi connectivity index (χ0) is 25.2. The number of thioether (sulfide) groups is 1. The van der Waals surface area contributed by atoms with Crippen molar-refractivity contribution >= 4 is 43.5 Å². The summed E-state index contributed by atoms with van der Waals surface area (Å²) in [4.78, 5) is 23.3. The number of pyridine rings is 1. The van der Waals surface area contributed by atoms with Crippen LogP contribution in [-0.2, 0) is 19.4 Å². The monoisotopic (exact) mass is 517 g/mol. The highest BCUT2D eigenvalue weighted by atomic mass is 32.2. The molecule has 0 fully saturated rings. The van der Waals surface area contributed by atoms with Crippen molar-refractivity contribution in [2.75, 3.05) is 19.4 Å². The standard InChI is InChI=1S/C24H27N3O6S2/c1-14(2)32-21-11-17(33-22-6-5-19(13-25-22)35(4,29)30)9-16-10-20(27-23(16)21)24-26-12-18(34-24)7-8-31-15(3)28/h5-6,9-11,13-14,18,27H,7-8,12H2,1-4H3. The van der Waals surface area contributed by atoms with E-state index in [1.54, 1.807) is 17.8 Å². The first-order valence-corrected chi connectivity index (χ1v) is 13.9. The van der Waals surface area contributed by atoms with Crippen molar-refractivity contribution < 1.29 is 27.4 Å². The Labute approximate surface area is 208 Å². The van der Waals surface area contributed by atoms with E-state index in [0.717, 1.165) is 34.3 Å². The summed E-state index contributed by atoms with van der Waals surface area (Å²) in [6.45, 7) is 6.34. The van der Waals surface area contributed by atoms with Crippen LogP contribution in [-0.4, -0.2) is 60.2 Å². The number of esters is 1. The van der Waals surface area contributed by atoms with Crippen LogP contribution in [0.25, 0.3) is 10.9 Å². The molecule has 0 aliphatic carbocycles. The number of carbonyl (C=O) groups is 1. The number of carbonyl (C=O) groups excluding carboxylic acids is 1. The van der Waals surface area contributed by atoms with E-state index in [4.69, 9.17) is 14.2 Å². The number of nitrogens with one attached hydrogen (secondary N) is 1. The average Bonchev–Trinajstić information content (AvgIpc) is 3.40. The first-order chi connectivity index (χ1) is 16.6. The van der Waals surface area contributed by atoms with E-state index in [-0.39, 0.29) is 28.1 Å². The van der Waals surface area contributed by atoms with Crippen molar-refractivity contribution in [1.82, 2.24) is 9.97 Å². The maximum absolute atomic E-state index is 11.7. The summed E-state index contributed by atoms with van der Waals surface area (Å²) >= 11 is 1.66. The first kappa shape index (κ1) is 25.1. The van der Waals surface area contributed by atoms with Crippen LogP contribution < -0.4 is 9.47 Å².